The predicted octanol–water partition coefficient (Wildman–Crippen LogP) is 3.78. The number of para-hydroxylation sites is 1. The van der Waals surface area contributed by atoms with Crippen molar-refractivity contribution >= 4 is 36.9 Å². The Labute approximate surface area is 126 Å². The lowest BCUT2D eigenvalue weighted by Gasteiger charge is -2.07. The van der Waals surface area contributed by atoms with Crippen LogP contribution in [-0.2, 0) is 15.8 Å². The first-order valence-corrected chi connectivity index (χ1v) is 8.50. The van der Waals surface area contributed by atoms with Gasteiger partial charge in [-0.2, -0.15) is 0 Å². The van der Waals surface area contributed by atoms with Gasteiger partial charge in [0, 0.05) is 16.1 Å². The molecule has 0 saturated carbocycles. The summed E-state index contributed by atoms with van der Waals surface area (Å²) in [6.45, 7) is 0. The maximum atomic E-state index is 12.5. The Balaban J connectivity index is 2.01. The first kappa shape index (κ1) is 13.4. The molecule has 3 rings (SSSR count). The van der Waals surface area contributed by atoms with Crippen molar-refractivity contribution in [3.05, 3.63) is 70.8 Å². The Morgan fingerprint density at radius 3 is 2.40 bits per heavy atom. The summed E-state index contributed by atoms with van der Waals surface area (Å²) in [7, 11) is -3.41. The molecule has 0 N–H and O–H groups in total. The Kier molecular flexibility index (Phi) is 3.40. The Morgan fingerprint density at radius 2 is 1.65 bits per heavy atom. The molecule has 0 saturated heterocycles. The van der Waals surface area contributed by atoms with Crippen molar-refractivity contribution in [1.29, 1.82) is 0 Å². The summed E-state index contributed by atoms with van der Waals surface area (Å²) in [4.78, 5) is 0. The average Bonchev–Trinajstić information content (AvgIpc) is 2.86. The number of rotatable bonds is 3. The summed E-state index contributed by atoms with van der Waals surface area (Å²) in [5.74, 6) is -0.0149. The van der Waals surface area contributed by atoms with E-state index in [0.29, 0.717) is 5.52 Å². The molecule has 3 aromatic rings. The third kappa shape index (κ3) is 2.51. The molecule has 0 radical (unpaired) electrons. The van der Waals surface area contributed by atoms with E-state index in [9.17, 15) is 8.42 Å². The molecule has 0 amide bonds. The molecule has 3 nitrogen and oxygen atoms in total. The van der Waals surface area contributed by atoms with E-state index in [1.165, 1.54) is 3.97 Å². The summed E-state index contributed by atoms with van der Waals surface area (Å²) >= 11 is 3.34. The fourth-order valence-corrected chi connectivity index (χ4v) is 3.89. The van der Waals surface area contributed by atoms with Crippen LogP contribution in [0.25, 0.3) is 10.9 Å². The van der Waals surface area contributed by atoms with Gasteiger partial charge in [0.25, 0.3) is 0 Å². The summed E-state index contributed by atoms with van der Waals surface area (Å²) in [6.07, 6.45) is 1.61. The van der Waals surface area contributed by atoms with Gasteiger partial charge >= 0.3 is 0 Å². The maximum absolute atomic E-state index is 12.5. The number of hydrogen-bond donors (Lipinski definition) is 0. The molecule has 1 aromatic heterocycles. The predicted molar refractivity (Wildman–Crippen MR) is 84.1 cm³/mol. The van der Waals surface area contributed by atoms with E-state index >= 15 is 0 Å². The van der Waals surface area contributed by atoms with Crippen LogP contribution in [0.1, 0.15) is 5.56 Å². The van der Waals surface area contributed by atoms with Crippen molar-refractivity contribution in [2.45, 2.75) is 5.75 Å². The molecule has 0 fully saturated rings. The van der Waals surface area contributed by atoms with Crippen molar-refractivity contribution in [2.24, 2.45) is 0 Å². The van der Waals surface area contributed by atoms with Crippen LogP contribution in [0.2, 0.25) is 0 Å². The Morgan fingerprint density at radius 1 is 0.950 bits per heavy atom. The van der Waals surface area contributed by atoms with Crippen molar-refractivity contribution in [1.82, 2.24) is 3.97 Å². The number of fused-ring (bicyclic) bond motifs is 1. The van der Waals surface area contributed by atoms with Gasteiger partial charge in [0.1, 0.15) is 0 Å². The first-order valence-electron chi connectivity index (χ1n) is 6.10. The minimum atomic E-state index is -3.41. The highest BCUT2D eigenvalue weighted by Gasteiger charge is 2.16. The second-order valence-electron chi connectivity index (χ2n) is 4.55. The molecule has 0 aliphatic carbocycles. The number of hydrogen-bond acceptors (Lipinski definition) is 2. The molecule has 5 heteroatoms. The summed E-state index contributed by atoms with van der Waals surface area (Å²) in [5.41, 5.74) is 1.48. The molecule has 20 heavy (non-hydrogen) atoms. The largest absolute Gasteiger partial charge is 0.245 e. The minimum absolute atomic E-state index is 0.0149. The molecule has 0 bridgehead atoms. The lowest BCUT2D eigenvalue weighted by atomic mass is 10.2. The molecule has 102 valence electrons. The molecule has 1 heterocycles. The SMILES string of the molecule is O=S(=O)(Cc1ccc(Br)cc1)n1ccc2ccccc21. The molecule has 0 aliphatic heterocycles. The summed E-state index contributed by atoms with van der Waals surface area (Å²) < 4.78 is 27.3. The van der Waals surface area contributed by atoms with Gasteiger partial charge in [-0.3, -0.25) is 0 Å². The third-order valence-electron chi connectivity index (χ3n) is 3.13. The normalized spacial score (nSPS) is 11.8. The van der Waals surface area contributed by atoms with Crippen molar-refractivity contribution in [3.63, 3.8) is 0 Å². The van der Waals surface area contributed by atoms with E-state index in [4.69, 9.17) is 0 Å². The third-order valence-corrected chi connectivity index (χ3v) is 5.27. The lowest BCUT2D eigenvalue weighted by molar-refractivity contribution is 0.588. The highest BCUT2D eigenvalue weighted by atomic mass is 79.9. The standard InChI is InChI=1S/C15H12BrNO2S/c16-14-7-5-12(6-8-14)11-20(18,19)17-10-9-13-3-1-2-4-15(13)17/h1-10H,11H2. The van der Waals surface area contributed by atoms with E-state index in [-0.39, 0.29) is 5.75 Å². The van der Waals surface area contributed by atoms with Gasteiger partial charge in [-0.15, -0.1) is 0 Å². The Bertz CT molecular complexity index is 851. The van der Waals surface area contributed by atoms with Crippen LogP contribution in [0.5, 0.6) is 0 Å². The first-order chi connectivity index (χ1) is 9.56. The fraction of sp³-hybridized carbons (Fsp3) is 0.0667. The van der Waals surface area contributed by atoms with Crippen LogP contribution in [0.3, 0.4) is 0 Å². The van der Waals surface area contributed by atoms with E-state index in [0.717, 1.165) is 15.4 Å². The fourth-order valence-electron chi connectivity index (χ4n) is 2.16. The van der Waals surface area contributed by atoms with Gasteiger partial charge in [-0.25, -0.2) is 12.4 Å². The molecule has 2 aromatic carbocycles. The monoisotopic (exact) mass is 349 g/mol. The highest BCUT2D eigenvalue weighted by molar-refractivity contribution is 9.10. The summed E-state index contributed by atoms with van der Waals surface area (Å²) in [6, 6.07) is 16.6. The van der Waals surface area contributed by atoms with Crippen LogP contribution < -0.4 is 0 Å². The van der Waals surface area contributed by atoms with Gasteiger partial charge in [-0.05, 0) is 29.8 Å². The van der Waals surface area contributed by atoms with Gasteiger partial charge < -0.3 is 0 Å². The van der Waals surface area contributed by atoms with Gasteiger partial charge in [0.15, 0.2) is 0 Å². The average molecular weight is 350 g/mol. The van der Waals surface area contributed by atoms with E-state index < -0.39 is 10.0 Å². The minimum Gasteiger partial charge on any atom is -0.245 e. The molecule has 0 unspecified atom stereocenters. The number of nitrogens with zero attached hydrogens (tertiary/aromatic N) is 1. The number of aromatic nitrogens is 1. The van der Waals surface area contributed by atoms with Crippen LogP contribution in [0.15, 0.2) is 65.3 Å². The molecular formula is C15H12BrNO2S. The van der Waals surface area contributed by atoms with E-state index in [1.54, 1.807) is 6.20 Å². The van der Waals surface area contributed by atoms with Crippen molar-refractivity contribution < 1.29 is 8.42 Å². The van der Waals surface area contributed by atoms with Crippen LogP contribution in [0.4, 0.5) is 0 Å². The van der Waals surface area contributed by atoms with Gasteiger partial charge in [0.05, 0.1) is 11.3 Å². The van der Waals surface area contributed by atoms with Gasteiger partial charge in [-0.1, -0.05) is 46.3 Å². The molecule has 0 aliphatic rings. The van der Waals surface area contributed by atoms with E-state index in [1.807, 2.05) is 54.6 Å². The van der Waals surface area contributed by atoms with Crippen LogP contribution in [-0.4, -0.2) is 12.4 Å². The van der Waals surface area contributed by atoms with Crippen molar-refractivity contribution in [3.8, 4) is 0 Å². The molecular weight excluding hydrogens is 338 g/mol. The smallest absolute Gasteiger partial charge is 0.243 e. The second-order valence-corrected chi connectivity index (χ2v) is 7.31. The lowest BCUT2D eigenvalue weighted by Crippen LogP contribution is -2.13. The number of halogens is 1. The molecule has 0 atom stereocenters. The highest BCUT2D eigenvalue weighted by Crippen LogP contribution is 2.20. The second kappa shape index (κ2) is 5.07. The topological polar surface area (TPSA) is 39.1 Å². The van der Waals surface area contributed by atoms with E-state index in [2.05, 4.69) is 15.9 Å². The zero-order chi connectivity index (χ0) is 14.2. The molecule has 0 spiro atoms. The van der Waals surface area contributed by atoms with Crippen molar-refractivity contribution in [2.75, 3.05) is 0 Å². The summed E-state index contributed by atoms with van der Waals surface area (Å²) in [5, 5.41) is 0.923. The maximum Gasteiger partial charge on any atom is 0.243 e. The van der Waals surface area contributed by atoms with Crippen LogP contribution >= 0.6 is 15.9 Å². The van der Waals surface area contributed by atoms with Crippen LogP contribution in [0, 0.1) is 0 Å². The number of benzene rings is 2. The quantitative estimate of drug-likeness (QED) is 0.721. The zero-order valence-electron chi connectivity index (χ0n) is 10.5. The Hall–Kier alpha value is -1.59. The van der Waals surface area contributed by atoms with Gasteiger partial charge in [0.2, 0.25) is 10.0 Å². The zero-order valence-corrected chi connectivity index (χ0v) is 12.9.